The van der Waals surface area contributed by atoms with Crippen LogP contribution in [0.15, 0.2) is 62.7 Å². The third-order valence-corrected chi connectivity index (χ3v) is 8.90. The first kappa shape index (κ1) is 24.8. The van der Waals surface area contributed by atoms with E-state index in [9.17, 15) is 21.6 Å². The highest BCUT2D eigenvalue weighted by atomic mass is 32.2. The normalized spacial score (nSPS) is 15.6. The molecule has 186 valence electrons. The lowest BCUT2D eigenvalue weighted by atomic mass is 9.97. The predicted octanol–water partition coefficient (Wildman–Crippen LogP) is 2.19. The van der Waals surface area contributed by atoms with Gasteiger partial charge < -0.3 is 9.15 Å². The minimum Gasteiger partial charge on any atom is -0.497 e. The smallest absolute Gasteiger partial charge is 0.322 e. The summed E-state index contributed by atoms with van der Waals surface area (Å²) in [5, 5.41) is 10.4. The standard InChI is InChI=1S/C22H24N4O7S2/c1-32-17-7-5-6-16(14-17)21-24-25-22(33-21)23-20(27)15-10-12-26(13-11-15)35(30,31)19-9-4-3-8-18(19)34(2,28)29/h3-9,14-15H,10-13H2,1-2H3,(H,23,25,27). The summed E-state index contributed by atoms with van der Waals surface area (Å²) in [5.41, 5.74) is 0.630. The molecule has 0 radical (unpaired) electrons. The second-order valence-corrected chi connectivity index (χ2v) is 11.9. The van der Waals surface area contributed by atoms with Crippen molar-refractivity contribution in [2.24, 2.45) is 5.92 Å². The molecule has 13 heteroatoms. The quantitative estimate of drug-likeness (QED) is 0.495. The fourth-order valence-corrected chi connectivity index (χ4v) is 6.89. The Hall–Kier alpha value is -3.29. The number of methoxy groups -OCH3 is 1. The molecule has 3 aromatic rings. The second kappa shape index (κ2) is 9.76. The van der Waals surface area contributed by atoms with Crippen LogP contribution in [0.2, 0.25) is 0 Å². The van der Waals surface area contributed by atoms with Gasteiger partial charge in [0.2, 0.25) is 21.8 Å². The van der Waals surface area contributed by atoms with Crippen molar-refractivity contribution in [1.29, 1.82) is 0 Å². The summed E-state index contributed by atoms with van der Waals surface area (Å²) < 4.78 is 62.3. The van der Waals surface area contributed by atoms with Crippen molar-refractivity contribution in [1.82, 2.24) is 14.5 Å². The molecule has 0 bridgehead atoms. The molecular weight excluding hydrogens is 496 g/mol. The van der Waals surface area contributed by atoms with Crippen LogP contribution >= 0.6 is 0 Å². The zero-order valence-electron chi connectivity index (χ0n) is 19.0. The molecule has 0 saturated carbocycles. The van der Waals surface area contributed by atoms with Crippen molar-refractivity contribution in [2.75, 3.05) is 31.8 Å². The topological polar surface area (TPSA) is 149 Å². The minimum absolute atomic E-state index is 0.0649. The highest BCUT2D eigenvalue weighted by Gasteiger charge is 2.35. The maximum absolute atomic E-state index is 13.1. The SMILES string of the molecule is COc1cccc(-c2nnc(NC(=O)C3CCN(S(=O)(=O)c4ccccc4S(C)(=O)=O)CC3)o2)c1. The zero-order valence-corrected chi connectivity index (χ0v) is 20.7. The number of rotatable bonds is 7. The average Bonchev–Trinajstić information content (AvgIpc) is 3.32. The third-order valence-electron chi connectivity index (χ3n) is 5.66. The van der Waals surface area contributed by atoms with Crippen LogP contribution in [0.1, 0.15) is 12.8 Å². The lowest BCUT2D eigenvalue weighted by Gasteiger charge is -2.30. The Kier molecular flexibility index (Phi) is 6.92. The van der Waals surface area contributed by atoms with Crippen LogP contribution in [0.5, 0.6) is 5.75 Å². The van der Waals surface area contributed by atoms with E-state index in [1.54, 1.807) is 31.4 Å². The Morgan fingerprint density at radius 2 is 1.71 bits per heavy atom. The number of benzene rings is 2. The molecule has 0 unspecified atom stereocenters. The van der Waals surface area contributed by atoms with Gasteiger partial charge in [-0.25, -0.2) is 16.8 Å². The Bertz CT molecular complexity index is 1440. The van der Waals surface area contributed by atoms with Crippen molar-refractivity contribution >= 4 is 31.8 Å². The third kappa shape index (κ3) is 5.36. The Balaban J connectivity index is 1.41. The van der Waals surface area contributed by atoms with E-state index in [0.717, 1.165) is 6.26 Å². The Morgan fingerprint density at radius 3 is 2.37 bits per heavy atom. The van der Waals surface area contributed by atoms with Gasteiger partial charge in [0.05, 0.1) is 12.0 Å². The highest BCUT2D eigenvalue weighted by molar-refractivity contribution is 7.93. The number of sulfonamides is 1. The molecule has 2 heterocycles. The molecule has 1 aliphatic heterocycles. The van der Waals surface area contributed by atoms with Crippen molar-refractivity contribution in [3.8, 4) is 17.2 Å². The van der Waals surface area contributed by atoms with Crippen LogP contribution < -0.4 is 10.1 Å². The molecule has 1 saturated heterocycles. The molecule has 35 heavy (non-hydrogen) atoms. The maximum Gasteiger partial charge on any atom is 0.322 e. The van der Waals surface area contributed by atoms with E-state index in [-0.39, 0.29) is 53.5 Å². The first-order valence-electron chi connectivity index (χ1n) is 10.7. The molecule has 1 aromatic heterocycles. The number of hydrogen-bond donors (Lipinski definition) is 1. The van der Waals surface area contributed by atoms with Gasteiger partial charge in [-0.3, -0.25) is 10.1 Å². The van der Waals surface area contributed by atoms with Gasteiger partial charge in [-0.15, -0.1) is 5.10 Å². The van der Waals surface area contributed by atoms with Crippen molar-refractivity contribution in [2.45, 2.75) is 22.6 Å². The van der Waals surface area contributed by atoms with Crippen LogP contribution in [-0.4, -0.2) is 63.7 Å². The number of ether oxygens (including phenoxy) is 1. The minimum atomic E-state index is -4.05. The summed E-state index contributed by atoms with van der Waals surface area (Å²) in [6.45, 7) is 0.134. The molecule has 11 nitrogen and oxygen atoms in total. The summed E-state index contributed by atoms with van der Waals surface area (Å²) in [4.78, 5) is 12.2. The van der Waals surface area contributed by atoms with Crippen LogP contribution in [0, 0.1) is 5.92 Å². The number of nitrogens with one attached hydrogen (secondary N) is 1. The summed E-state index contributed by atoms with van der Waals surface area (Å²) in [6.07, 6.45) is 1.47. The van der Waals surface area contributed by atoms with Gasteiger partial charge in [0.15, 0.2) is 9.84 Å². The summed E-state index contributed by atoms with van der Waals surface area (Å²) >= 11 is 0. The molecule has 0 spiro atoms. The molecule has 4 rings (SSSR count). The van der Waals surface area contributed by atoms with Crippen molar-refractivity contribution in [3.05, 3.63) is 48.5 Å². The molecular formula is C22H24N4O7S2. The fourth-order valence-electron chi connectivity index (χ4n) is 3.82. The monoisotopic (exact) mass is 520 g/mol. The van der Waals surface area contributed by atoms with Crippen LogP contribution in [0.3, 0.4) is 0 Å². The molecule has 0 aliphatic carbocycles. The fraction of sp³-hybridized carbons (Fsp3) is 0.318. The van der Waals surface area contributed by atoms with E-state index < -0.39 is 25.8 Å². The largest absolute Gasteiger partial charge is 0.497 e. The van der Waals surface area contributed by atoms with E-state index in [1.165, 1.54) is 28.6 Å². The van der Waals surface area contributed by atoms with E-state index in [2.05, 4.69) is 15.5 Å². The Morgan fingerprint density at radius 1 is 1.03 bits per heavy atom. The average molecular weight is 521 g/mol. The number of nitrogens with zero attached hydrogens (tertiary/aromatic N) is 3. The first-order valence-corrected chi connectivity index (χ1v) is 14.0. The van der Waals surface area contributed by atoms with Gasteiger partial charge in [0, 0.05) is 30.8 Å². The molecule has 1 fully saturated rings. The zero-order chi connectivity index (χ0) is 25.2. The number of aromatic nitrogens is 2. The summed E-state index contributed by atoms with van der Waals surface area (Å²) in [5.74, 6) is -0.00462. The number of sulfone groups is 1. The van der Waals surface area contributed by atoms with Gasteiger partial charge in [0.1, 0.15) is 10.6 Å². The van der Waals surface area contributed by atoms with E-state index in [4.69, 9.17) is 9.15 Å². The molecule has 1 N–H and O–H groups in total. The lowest BCUT2D eigenvalue weighted by molar-refractivity contribution is -0.121. The number of carbonyl (C=O) groups excluding carboxylic acids is 1. The molecule has 0 atom stereocenters. The Labute approximate surface area is 203 Å². The predicted molar refractivity (Wildman–Crippen MR) is 126 cm³/mol. The number of hydrogen-bond acceptors (Lipinski definition) is 9. The molecule has 2 aromatic carbocycles. The van der Waals surface area contributed by atoms with Crippen molar-refractivity contribution in [3.63, 3.8) is 0 Å². The van der Waals surface area contributed by atoms with Crippen molar-refractivity contribution < 1.29 is 30.8 Å². The van der Waals surface area contributed by atoms with Crippen LogP contribution in [-0.2, 0) is 24.7 Å². The lowest BCUT2D eigenvalue weighted by Crippen LogP contribution is -2.41. The van der Waals surface area contributed by atoms with Gasteiger partial charge in [-0.1, -0.05) is 23.3 Å². The first-order chi connectivity index (χ1) is 16.6. The van der Waals surface area contributed by atoms with Crippen LogP contribution in [0.4, 0.5) is 6.01 Å². The van der Waals surface area contributed by atoms with E-state index >= 15 is 0 Å². The molecule has 1 aliphatic rings. The van der Waals surface area contributed by atoms with E-state index in [1.807, 2.05) is 0 Å². The maximum atomic E-state index is 13.1. The second-order valence-electron chi connectivity index (χ2n) is 8.03. The van der Waals surface area contributed by atoms with Gasteiger partial charge in [-0.2, -0.15) is 4.31 Å². The van der Waals surface area contributed by atoms with Gasteiger partial charge >= 0.3 is 6.01 Å². The highest BCUT2D eigenvalue weighted by Crippen LogP contribution is 2.29. The molecule has 1 amide bonds. The number of carbonyl (C=O) groups is 1. The number of anilines is 1. The number of amides is 1. The van der Waals surface area contributed by atoms with Gasteiger partial charge in [-0.05, 0) is 43.2 Å². The number of piperidine rings is 1. The summed E-state index contributed by atoms with van der Waals surface area (Å²) in [7, 11) is -6.24. The summed E-state index contributed by atoms with van der Waals surface area (Å²) in [6, 6.07) is 12.5. The van der Waals surface area contributed by atoms with Gasteiger partial charge in [0.25, 0.3) is 0 Å². The van der Waals surface area contributed by atoms with Crippen LogP contribution in [0.25, 0.3) is 11.5 Å². The van der Waals surface area contributed by atoms with E-state index in [0.29, 0.717) is 11.3 Å².